The van der Waals surface area contributed by atoms with Gasteiger partial charge in [-0.15, -0.1) is 0 Å². The highest BCUT2D eigenvalue weighted by Gasteiger charge is 2.16. The van der Waals surface area contributed by atoms with E-state index in [9.17, 15) is 5.11 Å². The molecule has 1 aliphatic heterocycles. The Kier molecular flexibility index (Phi) is 7.81. The maximum absolute atomic E-state index is 9.61. The van der Waals surface area contributed by atoms with Gasteiger partial charge in [-0.2, -0.15) is 0 Å². The molecule has 7 nitrogen and oxygen atoms in total. The second kappa shape index (κ2) is 11.9. The van der Waals surface area contributed by atoms with E-state index in [0.717, 1.165) is 64.8 Å². The molecule has 1 saturated heterocycles. The quantitative estimate of drug-likeness (QED) is 0.218. The molecule has 3 aromatic carbocycles. The maximum atomic E-state index is 9.61. The van der Waals surface area contributed by atoms with E-state index in [1.165, 1.54) is 25.9 Å². The van der Waals surface area contributed by atoms with Crippen molar-refractivity contribution in [2.24, 2.45) is 0 Å². The summed E-state index contributed by atoms with van der Waals surface area (Å²) < 4.78 is 26.4. The second-order valence-electron chi connectivity index (χ2n) is 9.08. The molecule has 1 aromatic heterocycles. The lowest BCUT2D eigenvalue weighted by Crippen LogP contribution is -2.25. The summed E-state index contributed by atoms with van der Waals surface area (Å²) >= 11 is 0.959. The van der Waals surface area contributed by atoms with Gasteiger partial charge in [0.2, 0.25) is 7.09 Å². The number of aliphatic hydroxyl groups is 1. The normalized spacial score (nSPS) is 14.1. The Bertz CT molecular complexity index is 1360. The van der Waals surface area contributed by atoms with E-state index in [-0.39, 0.29) is 6.61 Å². The summed E-state index contributed by atoms with van der Waals surface area (Å²) in [5, 5.41) is 9.61. The zero-order valence-corrected chi connectivity index (χ0v) is 21.7. The first-order chi connectivity index (χ1) is 18.7. The highest BCUT2D eigenvalue weighted by molar-refractivity contribution is 8.16. The molecule has 1 aliphatic rings. The summed E-state index contributed by atoms with van der Waals surface area (Å²) in [5.41, 5.74) is 4.51. The van der Waals surface area contributed by atoms with Crippen molar-refractivity contribution in [2.45, 2.75) is 26.0 Å². The van der Waals surface area contributed by atoms with Crippen LogP contribution in [0.3, 0.4) is 0 Å². The fraction of sp³-hybridized carbons (Fsp3) is 0.321. The summed E-state index contributed by atoms with van der Waals surface area (Å²) in [7, 11) is 2.76. The molecule has 0 unspecified atom stereocenters. The molecule has 1 N–H and O–H groups in total. The molecule has 1 radical (unpaired) electrons. The van der Waals surface area contributed by atoms with Crippen LogP contribution in [-0.4, -0.2) is 61.3 Å². The van der Waals surface area contributed by atoms with Gasteiger partial charge in [-0.25, -0.2) is 4.98 Å². The fourth-order valence-electron chi connectivity index (χ4n) is 4.80. The average Bonchev–Trinajstić information content (AvgIpc) is 3.60. The van der Waals surface area contributed by atoms with Crippen molar-refractivity contribution in [1.29, 1.82) is 1.34 Å². The molecule has 37 heavy (non-hydrogen) atoms. The van der Waals surface area contributed by atoms with Gasteiger partial charge in [0, 0.05) is 30.3 Å². The van der Waals surface area contributed by atoms with Crippen LogP contribution in [0.2, 0.25) is 0 Å². The number of imidazole rings is 1. The SMILES string of the molecule is [3H][B]SOc1ccc2c(c1)nc(-c1ccc(OCCN3CCCC3)cc1)n2Cc1ccc(CO)c(OC)c1. The number of methoxy groups -OCH3 is 1. The van der Waals surface area contributed by atoms with Crippen molar-refractivity contribution in [2.75, 3.05) is 33.4 Å². The first-order valence-electron chi connectivity index (χ1n) is 13.0. The van der Waals surface area contributed by atoms with Gasteiger partial charge in [-0.1, -0.05) is 12.1 Å². The number of hydrogen-bond donors (Lipinski definition) is 1. The van der Waals surface area contributed by atoms with Gasteiger partial charge in [0.05, 0.1) is 24.8 Å². The minimum atomic E-state index is -0.0777. The number of aliphatic hydroxyl groups excluding tert-OH is 1. The van der Waals surface area contributed by atoms with E-state index >= 15 is 0 Å². The molecule has 0 amide bonds. The number of benzene rings is 3. The highest BCUT2D eigenvalue weighted by atomic mass is 32.2. The van der Waals surface area contributed by atoms with Gasteiger partial charge < -0.3 is 23.3 Å². The van der Waals surface area contributed by atoms with Crippen LogP contribution in [0, 0.1) is 0 Å². The Morgan fingerprint density at radius 1 is 1.05 bits per heavy atom. The van der Waals surface area contributed by atoms with E-state index in [2.05, 4.69) is 9.47 Å². The van der Waals surface area contributed by atoms with Crippen LogP contribution in [0.1, 0.15) is 24.0 Å². The standard InChI is InChI=1S/C28H31BN3O4S/c1-34-27-16-20(4-5-22(27)19-33)18-32-26-11-10-24(36-37-29)17-25(26)30-28(32)21-6-8-23(9-7-21)35-15-14-31-12-2-3-13-31/h4-11,16-17,29,33H,2-3,12-15,18-19H2,1H3/i29T. The molecular weight excluding hydrogens is 485 g/mol. The molecule has 1 fully saturated rings. The third-order valence-corrected chi connectivity index (χ3v) is 7.00. The monoisotopic (exact) mass is 518 g/mol. The molecule has 0 atom stereocenters. The summed E-state index contributed by atoms with van der Waals surface area (Å²) in [5.74, 6) is 2.97. The van der Waals surface area contributed by atoms with Gasteiger partial charge >= 0.3 is 0 Å². The van der Waals surface area contributed by atoms with Crippen LogP contribution in [0.25, 0.3) is 22.4 Å². The molecule has 9 heteroatoms. The van der Waals surface area contributed by atoms with Crippen molar-refractivity contribution in [3.8, 4) is 28.6 Å². The van der Waals surface area contributed by atoms with Crippen molar-refractivity contribution >= 4 is 30.0 Å². The summed E-state index contributed by atoms with van der Waals surface area (Å²) in [6.45, 7) is 4.46. The third kappa shape index (κ3) is 5.90. The second-order valence-corrected chi connectivity index (χ2v) is 9.44. The highest BCUT2D eigenvalue weighted by Crippen LogP contribution is 2.31. The summed E-state index contributed by atoms with van der Waals surface area (Å²) in [6, 6.07) is 19.7. The van der Waals surface area contributed by atoms with E-state index < -0.39 is 0 Å². The minimum Gasteiger partial charge on any atom is -0.496 e. The van der Waals surface area contributed by atoms with Gasteiger partial charge in [0.1, 0.15) is 29.7 Å². The number of nitrogens with zero attached hydrogens (tertiary/aromatic N) is 3. The number of rotatable bonds is 12. The third-order valence-electron chi connectivity index (χ3n) is 6.71. The predicted octanol–water partition coefficient (Wildman–Crippen LogP) is 4.57. The van der Waals surface area contributed by atoms with Gasteiger partial charge in [-0.3, -0.25) is 4.90 Å². The molecule has 0 spiro atoms. The van der Waals surface area contributed by atoms with E-state index in [4.69, 9.17) is 20.0 Å². The first-order valence-corrected chi connectivity index (χ1v) is 13.2. The molecule has 0 bridgehead atoms. The largest absolute Gasteiger partial charge is 0.496 e. The Morgan fingerprint density at radius 3 is 2.62 bits per heavy atom. The number of ether oxygens (including phenoxy) is 2. The van der Waals surface area contributed by atoms with Crippen LogP contribution < -0.4 is 13.7 Å². The zero-order chi connectivity index (χ0) is 26.3. The van der Waals surface area contributed by atoms with E-state index in [1.54, 1.807) is 7.11 Å². The van der Waals surface area contributed by atoms with Crippen LogP contribution in [0.5, 0.6) is 17.2 Å². The first kappa shape index (κ1) is 24.2. The van der Waals surface area contributed by atoms with Gasteiger partial charge in [0.15, 0.2) is 0 Å². The number of aromatic nitrogens is 2. The topological polar surface area (TPSA) is 69.0 Å². The van der Waals surface area contributed by atoms with Crippen LogP contribution in [-0.2, 0) is 13.2 Å². The van der Waals surface area contributed by atoms with Crippen molar-refractivity contribution in [3.05, 3.63) is 71.8 Å². The molecule has 0 aliphatic carbocycles. The Balaban J connectivity index is 1.43. The van der Waals surface area contributed by atoms with Crippen molar-refractivity contribution in [3.63, 3.8) is 0 Å². The summed E-state index contributed by atoms with van der Waals surface area (Å²) in [6.07, 6.45) is 2.56. The van der Waals surface area contributed by atoms with Crippen LogP contribution in [0.4, 0.5) is 0 Å². The summed E-state index contributed by atoms with van der Waals surface area (Å²) in [4.78, 5) is 7.41. The van der Waals surface area contributed by atoms with Crippen LogP contribution in [0.15, 0.2) is 60.7 Å². The minimum absolute atomic E-state index is 0.0777. The smallest absolute Gasteiger partial charge is 0.227 e. The Morgan fingerprint density at radius 2 is 1.86 bits per heavy atom. The molecular formula is C28H31BN3O4S. The van der Waals surface area contributed by atoms with Gasteiger partial charge in [-0.05, 0) is 87.2 Å². The lowest BCUT2D eigenvalue weighted by molar-refractivity contribution is 0.238. The van der Waals surface area contributed by atoms with Crippen molar-refractivity contribution < 1.29 is 18.8 Å². The maximum Gasteiger partial charge on any atom is 0.227 e. The molecule has 5 rings (SSSR count). The number of fused-ring (bicyclic) bond motifs is 1. The lowest BCUT2D eigenvalue weighted by Gasteiger charge is -2.15. The fourth-order valence-corrected chi connectivity index (χ4v) is 5.01. The van der Waals surface area contributed by atoms with Crippen molar-refractivity contribution in [1.82, 2.24) is 14.5 Å². The Labute approximate surface area is 224 Å². The predicted molar refractivity (Wildman–Crippen MR) is 150 cm³/mol. The van der Waals surface area contributed by atoms with Gasteiger partial charge in [0.25, 0.3) is 0 Å². The average molecular weight is 518 g/mol. The number of likely N-dealkylation sites (tertiary alicyclic amines) is 1. The van der Waals surface area contributed by atoms with E-state index in [0.29, 0.717) is 24.7 Å². The molecule has 4 aromatic rings. The van der Waals surface area contributed by atoms with Crippen LogP contribution >= 0.6 is 11.9 Å². The molecule has 2 heterocycles. The number of hydrogen-bond acceptors (Lipinski definition) is 7. The molecule has 0 saturated carbocycles. The zero-order valence-electron chi connectivity index (χ0n) is 21.9. The van der Waals surface area contributed by atoms with E-state index in [1.807, 2.05) is 60.7 Å². The Hall–Kier alpha value is -3.14. The molecule has 191 valence electrons. The lowest BCUT2D eigenvalue weighted by atomic mass is 10.1.